The standard InChI is InChI=1S/C19H28N4O4S/c1-3-4-7-20-19(28)22-21-13-15-5-6-16(17(12-15)25-2)27-14-18(24)23-8-10-26-11-9-23/h5-6,12-13H,3-4,7-11,14H2,1-2H3,(H2,20,22,28)/b21-13-. The summed E-state index contributed by atoms with van der Waals surface area (Å²) in [6.45, 7) is 5.22. The highest BCUT2D eigenvalue weighted by atomic mass is 32.1. The Morgan fingerprint density at radius 1 is 1.36 bits per heavy atom. The van der Waals surface area contributed by atoms with Crippen molar-refractivity contribution in [3.05, 3.63) is 23.8 Å². The summed E-state index contributed by atoms with van der Waals surface area (Å²) in [7, 11) is 1.55. The first-order valence-electron chi connectivity index (χ1n) is 9.37. The van der Waals surface area contributed by atoms with Gasteiger partial charge in [-0.05, 0) is 42.4 Å². The number of methoxy groups -OCH3 is 1. The Morgan fingerprint density at radius 3 is 2.86 bits per heavy atom. The molecule has 8 nitrogen and oxygen atoms in total. The molecule has 0 aliphatic carbocycles. The minimum absolute atomic E-state index is 0.0386. The van der Waals surface area contributed by atoms with Crippen LogP contribution in [0.5, 0.6) is 11.5 Å². The van der Waals surface area contributed by atoms with Crippen LogP contribution >= 0.6 is 12.2 Å². The number of carbonyl (C=O) groups excluding carboxylic acids is 1. The van der Waals surface area contributed by atoms with Crippen LogP contribution in [-0.2, 0) is 9.53 Å². The van der Waals surface area contributed by atoms with Gasteiger partial charge in [0.25, 0.3) is 5.91 Å². The van der Waals surface area contributed by atoms with Gasteiger partial charge in [-0.1, -0.05) is 13.3 Å². The third-order valence-electron chi connectivity index (χ3n) is 4.10. The molecule has 0 spiro atoms. The third kappa shape index (κ3) is 7.32. The molecule has 1 aromatic rings. The highest BCUT2D eigenvalue weighted by Gasteiger charge is 2.18. The van der Waals surface area contributed by atoms with E-state index in [0.717, 1.165) is 24.9 Å². The van der Waals surface area contributed by atoms with Crippen molar-refractivity contribution < 1.29 is 19.0 Å². The SMILES string of the molecule is CCCCNC(=S)N/N=C\c1ccc(OCC(=O)N2CCOCC2)c(OC)c1. The number of morpholine rings is 1. The third-order valence-corrected chi connectivity index (χ3v) is 4.33. The van der Waals surface area contributed by atoms with E-state index in [1.807, 2.05) is 6.07 Å². The van der Waals surface area contributed by atoms with E-state index in [9.17, 15) is 4.79 Å². The van der Waals surface area contributed by atoms with Crippen LogP contribution < -0.4 is 20.2 Å². The predicted molar refractivity (Wildman–Crippen MR) is 112 cm³/mol. The number of rotatable bonds is 9. The van der Waals surface area contributed by atoms with E-state index in [1.54, 1.807) is 30.4 Å². The molecule has 1 amide bonds. The van der Waals surface area contributed by atoms with Crippen LogP contribution in [0, 0.1) is 0 Å². The molecule has 28 heavy (non-hydrogen) atoms. The number of hydrogen-bond acceptors (Lipinski definition) is 6. The monoisotopic (exact) mass is 408 g/mol. The van der Waals surface area contributed by atoms with Gasteiger partial charge in [0.1, 0.15) is 0 Å². The normalized spacial score (nSPS) is 14.0. The zero-order chi connectivity index (χ0) is 20.2. The van der Waals surface area contributed by atoms with E-state index in [0.29, 0.717) is 42.9 Å². The average molecular weight is 409 g/mol. The smallest absolute Gasteiger partial charge is 0.260 e. The minimum Gasteiger partial charge on any atom is -0.493 e. The molecule has 1 aliphatic heterocycles. The Labute approximate surface area is 171 Å². The molecule has 0 aromatic heterocycles. The van der Waals surface area contributed by atoms with Gasteiger partial charge >= 0.3 is 0 Å². The quantitative estimate of drug-likeness (QED) is 0.277. The number of hydrazone groups is 1. The maximum Gasteiger partial charge on any atom is 0.260 e. The average Bonchev–Trinajstić information content (AvgIpc) is 2.73. The molecule has 9 heteroatoms. The van der Waals surface area contributed by atoms with Crippen LogP contribution in [-0.4, -0.2) is 68.7 Å². The van der Waals surface area contributed by atoms with Gasteiger partial charge in [-0.15, -0.1) is 0 Å². The molecular formula is C19H28N4O4S. The van der Waals surface area contributed by atoms with Crippen LogP contribution in [0.3, 0.4) is 0 Å². The molecule has 1 aliphatic rings. The van der Waals surface area contributed by atoms with Crippen molar-refractivity contribution in [3.8, 4) is 11.5 Å². The van der Waals surface area contributed by atoms with Gasteiger partial charge in [-0.2, -0.15) is 5.10 Å². The second-order valence-corrected chi connectivity index (χ2v) is 6.58. The van der Waals surface area contributed by atoms with E-state index in [1.165, 1.54) is 0 Å². The molecule has 2 rings (SSSR count). The number of unbranched alkanes of at least 4 members (excludes halogenated alkanes) is 1. The molecule has 0 atom stereocenters. The van der Waals surface area contributed by atoms with Crippen LogP contribution in [0.1, 0.15) is 25.3 Å². The molecule has 154 valence electrons. The molecule has 1 heterocycles. The molecule has 1 fully saturated rings. The summed E-state index contributed by atoms with van der Waals surface area (Å²) < 4.78 is 16.3. The van der Waals surface area contributed by atoms with Gasteiger partial charge in [0.15, 0.2) is 23.2 Å². The van der Waals surface area contributed by atoms with Gasteiger partial charge in [-0.3, -0.25) is 10.2 Å². The number of carbonyl (C=O) groups is 1. The van der Waals surface area contributed by atoms with Crippen LogP contribution in [0.4, 0.5) is 0 Å². The van der Waals surface area contributed by atoms with Crippen molar-refractivity contribution in [2.75, 3.05) is 46.6 Å². The van der Waals surface area contributed by atoms with Crippen LogP contribution in [0.25, 0.3) is 0 Å². The summed E-state index contributed by atoms with van der Waals surface area (Å²) in [4.78, 5) is 13.9. The molecule has 1 saturated heterocycles. The molecule has 0 unspecified atom stereocenters. The van der Waals surface area contributed by atoms with E-state index < -0.39 is 0 Å². The van der Waals surface area contributed by atoms with Crippen molar-refractivity contribution in [2.45, 2.75) is 19.8 Å². The lowest BCUT2D eigenvalue weighted by Crippen LogP contribution is -2.43. The maximum atomic E-state index is 12.2. The first kappa shape index (κ1) is 21.9. The lowest BCUT2D eigenvalue weighted by atomic mass is 10.2. The van der Waals surface area contributed by atoms with E-state index >= 15 is 0 Å². The first-order chi connectivity index (χ1) is 13.6. The number of thiocarbonyl (C=S) groups is 1. The fourth-order valence-corrected chi connectivity index (χ4v) is 2.67. The van der Waals surface area contributed by atoms with Crippen LogP contribution in [0.15, 0.2) is 23.3 Å². The van der Waals surface area contributed by atoms with Gasteiger partial charge in [-0.25, -0.2) is 0 Å². The number of hydrogen-bond donors (Lipinski definition) is 2. The van der Waals surface area contributed by atoms with Crippen molar-refractivity contribution in [1.29, 1.82) is 0 Å². The van der Waals surface area contributed by atoms with Crippen LogP contribution in [0.2, 0.25) is 0 Å². The molecule has 0 radical (unpaired) electrons. The second kappa shape index (κ2) is 12.1. The fraction of sp³-hybridized carbons (Fsp3) is 0.526. The Balaban J connectivity index is 1.85. The fourth-order valence-electron chi connectivity index (χ4n) is 2.51. The number of benzene rings is 1. The summed E-state index contributed by atoms with van der Waals surface area (Å²) in [5, 5.41) is 7.67. The van der Waals surface area contributed by atoms with Gasteiger partial charge in [0.2, 0.25) is 0 Å². The molecular weight excluding hydrogens is 380 g/mol. The number of nitrogens with zero attached hydrogens (tertiary/aromatic N) is 2. The Hall–Kier alpha value is -2.39. The van der Waals surface area contributed by atoms with Crippen molar-refractivity contribution in [3.63, 3.8) is 0 Å². The number of amides is 1. The Bertz CT molecular complexity index is 678. The maximum absolute atomic E-state index is 12.2. The summed E-state index contributed by atoms with van der Waals surface area (Å²) in [5.74, 6) is 0.970. The number of ether oxygens (including phenoxy) is 3. The van der Waals surface area contributed by atoms with Gasteiger partial charge in [0, 0.05) is 19.6 Å². The summed E-state index contributed by atoms with van der Waals surface area (Å²) in [5.41, 5.74) is 3.59. The first-order valence-corrected chi connectivity index (χ1v) is 9.78. The van der Waals surface area contributed by atoms with Gasteiger partial charge in [0.05, 0.1) is 26.5 Å². The molecule has 2 N–H and O–H groups in total. The van der Waals surface area contributed by atoms with Crippen molar-refractivity contribution in [1.82, 2.24) is 15.6 Å². The van der Waals surface area contributed by atoms with E-state index in [2.05, 4.69) is 22.8 Å². The Morgan fingerprint density at radius 2 is 2.14 bits per heavy atom. The highest BCUT2D eigenvalue weighted by molar-refractivity contribution is 7.80. The van der Waals surface area contributed by atoms with E-state index in [4.69, 9.17) is 26.4 Å². The van der Waals surface area contributed by atoms with Crippen molar-refractivity contribution >= 4 is 29.5 Å². The van der Waals surface area contributed by atoms with Crippen molar-refractivity contribution in [2.24, 2.45) is 5.10 Å². The molecule has 0 saturated carbocycles. The second-order valence-electron chi connectivity index (χ2n) is 6.17. The van der Waals surface area contributed by atoms with Gasteiger partial charge < -0.3 is 24.4 Å². The largest absolute Gasteiger partial charge is 0.493 e. The highest BCUT2D eigenvalue weighted by Crippen LogP contribution is 2.27. The topological polar surface area (TPSA) is 84.4 Å². The molecule has 0 bridgehead atoms. The summed E-state index contributed by atoms with van der Waals surface area (Å²) in [6.07, 6.45) is 3.79. The predicted octanol–water partition coefficient (Wildman–Crippen LogP) is 1.53. The minimum atomic E-state index is -0.0655. The lowest BCUT2D eigenvalue weighted by Gasteiger charge is -2.26. The summed E-state index contributed by atoms with van der Waals surface area (Å²) >= 11 is 5.14. The van der Waals surface area contributed by atoms with E-state index in [-0.39, 0.29) is 12.5 Å². The lowest BCUT2D eigenvalue weighted by molar-refractivity contribution is -0.137. The zero-order valence-electron chi connectivity index (χ0n) is 16.4. The number of nitrogens with one attached hydrogen (secondary N) is 2. The Kier molecular flexibility index (Phi) is 9.50. The summed E-state index contributed by atoms with van der Waals surface area (Å²) in [6, 6.07) is 5.37. The zero-order valence-corrected chi connectivity index (χ0v) is 17.2. The molecule has 1 aromatic carbocycles.